The lowest BCUT2D eigenvalue weighted by atomic mass is 10.0. The number of nitrogens with zero attached hydrogens (tertiary/aromatic N) is 1. The van der Waals surface area contributed by atoms with Crippen LogP contribution in [0.3, 0.4) is 0 Å². The van der Waals surface area contributed by atoms with Gasteiger partial charge >= 0.3 is 0 Å². The van der Waals surface area contributed by atoms with Crippen LogP contribution in [0.4, 0.5) is 0 Å². The number of pyridine rings is 1. The van der Waals surface area contributed by atoms with Crippen LogP contribution in [-0.4, -0.2) is 17.4 Å². The van der Waals surface area contributed by atoms with E-state index in [1.165, 1.54) is 11.1 Å². The monoisotopic (exact) mass is 304 g/mol. The van der Waals surface area contributed by atoms with Crippen molar-refractivity contribution in [2.24, 2.45) is 0 Å². The summed E-state index contributed by atoms with van der Waals surface area (Å²) in [7, 11) is 0. The van der Waals surface area contributed by atoms with Crippen LogP contribution in [0.25, 0.3) is 22.2 Å². The normalized spacial score (nSPS) is 10.7. The Morgan fingerprint density at radius 1 is 1.04 bits per heavy atom. The molecule has 116 valence electrons. The summed E-state index contributed by atoms with van der Waals surface area (Å²) in [6.07, 6.45) is 0. The van der Waals surface area contributed by atoms with Crippen LogP contribution in [0.15, 0.2) is 48.5 Å². The molecular weight excluding hydrogens is 284 g/mol. The molecule has 3 heteroatoms. The molecule has 0 unspecified atom stereocenters. The van der Waals surface area contributed by atoms with Gasteiger partial charge < -0.3 is 5.32 Å². The highest BCUT2D eigenvalue weighted by molar-refractivity contribution is 6.07. The maximum absolute atomic E-state index is 12.4. The number of hydrogen-bond acceptors (Lipinski definition) is 2. The van der Waals surface area contributed by atoms with Gasteiger partial charge in [-0.05, 0) is 50.1 Å². The second-order valence-corrected chi connectivity index (χ2v) is 5.73. The first-order chi connectivity index (χ1) is 11.1. The average molecular weight is 304 g/mol. The highest BCUT2D eigenvalue weighted by Gasteiger charge is 2.13. The van der Waals surface area contributed by atoms with Crippen LogP contribution in [0.1, 0.15) is 28.4 Å². The number of aryl methyl sites for hydroxylation is 2. The number of amides is 1. The van der Waals surface area contributed by atoms with E-state index in [-0.39, 0.29) is 5.91 Å². The Kier molecular flexibility index (Phi) is 4.11. The van der Waals surface area contributed by atoms with Crippen LogP contribution >= 0.6 is 0 Å². The molecule has 0 saturated heterocycles. The number of benzene rings is 2. The predicted octanol–water partition coefficient (Wildman–Crippen LogP) is 4.27. The van der Waals surface area contributed by atoms with Crippen LogP contribution in [-0.2, 0) is 0 Å². The first-order valence-electron chi connectivity index (χ1n) is 7.85. The number of carbonyl (C=O) groups is 1. The molecule has 0 radical (unpaired) electrons. The van der Waals surface area contributed by atoms with Gasteiger partial charge in [0.25, 0.3) is 5.91 Å². The number of para-hydroxylation sites is 1. The highest BCUT2D eigenvalue weighted by Crippen LogP contribution is 2.26. The SMILES string of the molecule is CCNC(=O)c1cc(-c2ccc(C)c(C)c2)nc2ccccc12. The molecular formula is C20H20N2O. The van der Waals surface area contributed by atoms with Gasteiger partial charge in [-0.3, -0.25) is 4.79 Å². The molecule has 1 heterocycles. The van der Waals surface area contributed by atoms with Crippen molar-refractivity contribution < 1.29 is 4.79 Å². The Balaban J connectivity index is 2.21. The summed E-state index contributed by atoms with van der Waals surface area (Å²) >= 11 is 0. The summed E-state index contributed by atoms with van der Waals surface area (Å²) in [5.41, 5.74) is 5.84. The van der Waals surface area contributed by atoms with Gasteiger partial charge in [0.15, 0.2) is 0 Å². The number of rotatable bonds is 3. The summed E-state index contributed by atoms with van der Waals surface area (Å²) in [4.78, 5) is 17.2. The van der Waals surface area contributed by atoms with Crippen LogP contribution in [0, 0.1) is 13.8 Å². The molecule has 1 N–H and O–H groups in total. The minimum atomic E-state index is -0.0591. The number of carbonyl (C=O) groups excluding carboxylic acids is 1. The van der Waals surface area contributed by atoms with Crippen molar-refractivity contribution in [3.63, 3.8) is 0 Å². The van der Waals surface area contributed by atoms with E-state index in [1.54, 1.807) is 0 Å². The van der Waals surface area contributed by atoms with Crippen molar-refractivity contribution in [3.05, 3.63) is 65.2 Å². The van der Waals surface area contributed by atoms with E-state index < -0.39 is 0 Å². The molecule has 1 aromatic heterocycles. The maximum Gasteiger partial charge on any atom is 0.252 e. The van der Waals surface area contributed by atoms with Crippen LogP contribution in [0.2, 0.25) is 0 Å². The summed E-state index contributed by atoms with van der Waals surface area (Å²) < 4.78 is 0. The van der Waals surface area contributed by atoms with Crippen LogP contribution in [0.5, 0.6) is 0 Å². The molecule has 0 fully saturated rings. The van der Waals surface area contributed by atoms with Crippen molar-refractivity contribution in [2.75, 3.05) is 6.54 Å². The Hall–Kier alpha value is -2.68. The second-order valence-electron chi connectivity index (χ2n) is 5.73. The molecule has 0 bridgehead atoms. The number of aromatic nitrogens is 1. The van der Waals surface area contributed by atoms with E-state index in [0.29, 0.717) is 12.1 Å². The van der Waals surface area contributed by atoms with Crippen molar-refractivity contribution in [1.82, 2.24) is 10.3 Å². The smallest absolute Gasteiger partial charge is 0.252 e. The average Bonchev–Trinajstić information content (AvgIpc) is 2.56. The fourth-order valence-electron chi connectivity index (χ4n) is 2.67. The molecule has 0 atom stereocenters. The predicted molar refractivity (Wildman–Crippen MR) is 94.7 cm³/mol. The number of fused-ring (bicyclic) bond motifs is 1. The van der Waals surface area contributed by atoms with Crippen molar-refractivity contribution >= 4 is 16.8 Å². The molecule has 3 rings (SSSR count). The lowest BCUT2D eigenvalue weighted by Gasteiger charge is -2.11. The Bertz CT molecular complexity index is 884. The van der Waals surface area contributed by atoms with Crippen molar-refractivity contribution in [2.45, 2.75) is 20.8 Å². The zero-order valence-electron chi connectivity index (χ0n) is 13.7. The molecule has 3 aromatic rings. The fourth-order valence-corrected chi connectivity index (χ4v) is 2.67. The molecule has 0 spiro atoms. The molecule has 0 saturated carbocycles. The Morgan fingerprint density at radius 3 is 2.57 bits per heavy atom. The minimum Gasteiger partial charge on any atom is -0.352 e. The van der Waals surface area contributed by atoms with Crippen molar-refractivity contribution in [3.8, 4) is 11.3 Å². The highest BCUT2D eigenvalue weighted by atomic mass is 16.1. The van der Waals surface area contributed by atoms with Gasteiger partial charge in [-0.15, -0.1) is 0 Å². The lowest BCUT2D eigenvalue weighted by Crippen LogP contribution is -2.23. The third-order valence-corrected chi connectivity index (χ3v) is 4.10. The molecule has 1 amide bonds. The number of hydrogen-bond donors (Lipinski definition) is 1. The molecule has 0 aliphatic rings. The van der Waals surface area contributed by atoms with Gasteiger partial charge in [-0.2, -0.15) is 0 Å². The van der Waals surface area contributed by atoms with Gasteiger partial charge in [0.1, 0.15) is 0 Å². The summed E-state index contributed by atoms with van der Waals surface area (Å²) in [5, 5.41) is 3.77. The summed E-state index contributed by atoms with van der Waals surface area (Å²) in [6.45, 7) is 6.71. The first kappa shape index (κ1) is 15.2. The first-order valence-corrected chi connectivity index (χ1v) is 7.85. The minimum absolute atomic E-state index is 0.0591. The van der Waals surface area contributed by atoms with Gasteiger partial charge in [-0.25, -0.2) is 4.98 Å². The van der Waals surface area contributed by atoms with E-state index in [0.717, 1.165) is 22.2 Å². The Labute approximate surface area is 136 Å². The fraction of sp³-hybridized carbons (Fsp3) is 0.200. The number of nitrogens with one attached hydrogen (secondary N) is 1. The van der Waals surface area contributed by atoms with Crippen LogP contribution < -0.4 is 5.32 Å². The van der Waals surface area contributed by atoms with Gasteiger partial charge in [-0.1, -0.05) is 30.3 Å². The van der Waals surface area contributed by atoms with E-state index >= 15 is 0 Å². The maximum atomic E-state index is 12.4. The Morgan fingerprint density at radius 2 is 1.83 bits per heavy atom. The van der Waals surface area contributed by atoms with E-state index in [9.17, 15) is 4.79 Å². The molecule has 3 nitrogen and oxygen atoms in total. The van der Waals surface area contributed by atoms with Gasteiger partial charge in [0, 0.05) is 17.5 Å². The zero-order chi connectivity index (χ0) is 16.4. The quantitative estimate of drug-likeness (QED) is 0.785. The van der Waals surface area contributed by atoms with E-state index in [1.807, 2.05) is 37.3 Å². The standard InChI is InChI=1S/C20H20N2O/c1-4-21-20(23)17-12-19(15-10-9-13(2)14(3)11-15)22-18-8-6-5-7-16(17)18/h5-12H,4H2,1-3H3,(H,21,23). The van der Waals surface area contributed by atoms with E-state index in [4.69, 9.17) is 4.98 Å². The van der Waals surface area contributed by atoms with Gasteiger partial charge in [0.05, 0.1) is 16.8 Å². The topological polar surface area (TPSA) is 42.0 Å². The molecule has 0 aliphatic heterocycles. The summed E-state index contributed by atoms with van der Waals surface area (Å²) in [6, 6.07) is 15.9. The second kappa shape index (κ2) is 6.21. The van der Waals surface area contributed by atoms with E-state index in [2.05, 4.69) is 37.4 Å². The molecule has 2 aromatic carbocycles. The lowest BCUT2D eigenvalue weighted by molar-refractivity contribution is 0.0957. The third-order valence-electron chi connectivity index (χ3n) is 4.10. The van der Waals surface area contributed by atoms with Crippen molar-refractivity contribution in [1.29, 1.82) is 0 Å². The van der Waals surface area contributed by atoms with Gasteiger partial charge in [0.2, 0.25) is 0 Å². The zero-order valence-corrected chi connectivity index (χ0v) is 13.7. The molecule has 23 heavy (non-hydrogen) atoms. The summed E-state index contributed by atoms with van der Waals surface area (Å²) in [5.74, 6) is -0.0591. The largest absolute Gasteiger partial charge is 0.352 e. The third kappa shape index (κ3) is 2.95. The molecule has 0 aliphatic carbocycles.